The van der Waals surface area contributed by atoms with Gasteiger partial charge in [0.2, 0.25) is 0 Å². The SMILES string of the molecule is CN(C)CCNC(=O)c1cccc(C(=O)NC2CC2)c1. The van der Waals surface area contributed by atoms with Gasteiger partial charge in [0, 0.05) is 30.3 Å². The third kappa shape index (κ3) is 4.35. The van der Waals surface area contributed by atoms with Crippen LogP contribution in [0.25, 0.3) is 0 Å². The van der Waals surface area contributed by atoms with Gasteiger partial charge in [0.25, 0.3) is 11.8 Å². The third-order valence-corrected chi connectivity index (χ3v) is 3.14. The summed E-state index contributed by atoms with van der Waals surface area (Å²) in [6.45, 7) is 1.37. The third-order valence-electron chi connectivity index (χ3n) is 3.14. The van der Waals surface area contributed by atoms with Crippen LogP contribution in [0.4, 0.5) is 0 Å². The van der Waals surface area contributed by atoms with E-state index in [1.807, 2.05) is 19.0 Å². The second kappa shape index (κ2) is 6.52. The molecule has 2 rings (SSSR count). The Morgan fingerprint density at radius 2 is 1.85 bits per heavy atom. The van der Waals surface area contributed by atoms with Gasteiger partial charge in [-0.3, -0.25) is 9.59 Å². The fourth-order valence-electron chi connectivity index (χ4n) is 1.79. The number of benzene rings is 1. The molecule has 0 heterocycles. The number of hydrogen-bond acceptors (Lipinski definition) is 3. The summed E-state index contributed by atoms with van der Waals surface area (Å²) in [5, 5.41) is 5.75. The van der Waals surface area contributed by atoms with E-state index >= 15 is 0 Å². The molecule has 5 nitrogen and oxygen atoms in total. The molecule has 1 aliphatic carbocycles. The van der Waals surface area contributed by atoms with Crippen molar-refractivity contribution in [2.45, 2.75) is 18.9 Å². The highest BCUT2D eigenvalue weighted by Crippen LogP contribution is 2.19. The fraction of sp³-hybridized carbons (Fsp3) is 0.467. The van der Waals surface area contributed by atoms with Crippen LogP contribution in [0.2, 0.25) is 0 Å². The Bertz CT molecular complexity index is 496. The predicted octanol–water partition coefficient (Wildman–Crippen LogP) is 0.870. The van der Waals surface area contributed by atoms with Crippen molar-refractivity contribution >= 4 is 11.8 Å². The van der Waals surface area contributed by atoms with Gasteiger partial charge in [-0.1, -0.05) is 6.07 Å². The van der Waals surface area contributed by atoms with Crippen molar-refractivity contribution in [1.82, 2.24) is 15.5 Å². The molecule has 0 atom stereocenters. The summed E-state index contributed by atoms with van der Waals surface area (Å²) in [5.41, 5.74) is 1.06. The summed E-state index contributed by atoms with van der Waals surface area (Å²) in [7, 11) is 3.91. The molecule has 0 spiro atoms. The summed E-state index contributed by atoms with van der Waals surface area (Å²) in [4.78, 5) is 25.9. The summed E-state index contributed by atoms with van der Waals surface area (Å²) >= 11 is 0. The maximum Gasteiger partial charge on any atom is 0.251 e. The van der Waals surface area contributed by atoms with Gasteiger partial charge in [-0.05, 0) is 45.1 Å². The van der Waals surface area contributed by atoms with Crippen molar-refractivity contribution in [2.24, 2.45) is 0 Å². The molecule has 1 saturated carbocycles. The van der Waals surface area contributed by atoms with Gasteiger partial charge in [-0.2, -0.15) is 0 Å². The van der Waals surface area contributed by atoms with Crippen molar-refractivity contribution in [3.63, 3.8) is 0 Å². The van der Waals surface area contributed by atoms with Gasteiger partial charge in [0.05, 0.1) is 0 Å². The molecule has 20 heavy (non-hydrogen) atoms. The number of nitrogens with zero attached hydrogens (tertiary/aromatic N) is 1. The minimum atomic E-state index is -0.145. The second-order valence-corrected chi connectivity index (χ2v) is 5.39. The van der Waals surface area contributed by atoms with Crippen LogP contribution < -0.4 is 10.6 Å². The minimum Gasteiger partial charge on any atom is -0.351 e. The highest BCUT2D eigenvalue weighted by atomic mass is 16.2. The van der Waals surface area contributed by atoms with Crippen LogP contribution in [0.5, 0.6) is 0 Å². The zero-order valence-electron chi connectivity index (χ0n) is 12.0. The van der Waals surface area contributed by atoms with Crippen molar-refractivity contribution in [1.29, 1.82) is 0 Å². The lowest BCUT2D eigenvalue weighted by molar-refractivity contribution is 0.0950. The molecule has 1 fully saturated rings. The van der Waals surface area contributed by atoms with E-state index in [4.69, 9.17) is 0 Å². The van der Waals surface area contributed by atoms with E-state index in [1.165, 1.54) is 0 Å². The number of carbonyl (C=O) groups is 2. The maximum absolute atomic E-state index is 12.0. The molecule has 5 heteroatoms. The molecule has 1 aromatic carbocycles. The molecule has 0 aliphatic heterocycles. The van der Waals surface area contributed by atoms with Crippen molar-refractivity contribution in [3.8, 4) is 0 Å². The van der Waals surface area contributed by atoms with Crippen molar-refractivity contribution in [3.05, 3.63) is 35.4 Å². The Morgan fingerprint density at radius 1 is 1.20 bits per heavy atom. The number of carbonyl (C=O) groups excluding carboxylic acids is 2. The van der Waals surface area contributed by atoms with Crippen LogP contribution in [0.15, 0.2) is 24.3 Å². The lowest BCUT2D eigenvalue weighted by Gasteiger charge is -2.11. The summed E-state index contributed by atoms with van der Waals surface area (Å²) in [6.07, 6.45) is 2.10. The fourth-order valence-corrected chi connectivity index (χ4v) is 1.79. The molecule has 0 radical (unpaired) electrons. The van der Waals surface area contributed by atoms with Gasteiger partial charge in [-0.15, -0.1) is 0 Å². The number of hydrogen-bond donors (Lipinski definition) is 2. The van der Waals surface area contributed by atoms with E-state index in [0.29, 0.717) is 23.7 Å². The zero-order valence-corrected chi connectivity index (χ0v) is 12.0. The molecule has 0 aromatic heterocycles. The normalized spacial score (nSPS) is 14.2. The number of amides is 2. The first-order valence-corrected chi connectivity index (χ1v) is 6.90. The first-order valence-electron chi connectivity index (χ1n) is 6.90. The smallest absolute Gasteiger partial charge is 0.251 e. The van der Waals surface area contributed by atoms with Crippen LogP contribution in [0, 0.1) is 0 Å². The van der Waals surface area contributed by atoms with Crippen LogP contribution in [-0.2, 0) is 0 Å². The highest BCUT2D eigenvalue weighted by molar-refractivity contribution is 5.99. The lowest BCUT2D eigenvalue weighted by atomic mass is 10.1. The Kier molecular flexibility index (Phi) is 4.74. The topological polar surface area (TPSA) is 61.4 Å². The van der Waals surface area contributed by atoms with E-state index in [1.54, 1.807) is 24.3 Å². The van der Waals surface area contributed by atoms with Crippen molar-refractivity contribution in [2.75, 3.05) is 27.2 Å². The average molecular weight is 275 g/mol. The van der Waals surface area contributed by atoms with Crippen LogP contribution in [-0.4, -0.2) is 49.9 Å². The molecule has 1 aliphatic rings. The number of likely N-dealkylation sites (N-methyl/N-ethyl adjacent to an activating group) is 1. The molecule has 2 N–H and O–H groups in total. The van der Waals surface area contributed by atoms with E-state index in [9.17, 15) is 9.59 Å². The Hall–Kier alpha value is -1.88. The zero-order chi connectivity index (χ0) is 14.5. The predicted molar refractivity (Wildman–Crippen MR) is 77.8 cm³/mol. The second-order valence-electron chi connectivity index (χ2n) is 5.39. The monoisotopic (exact) mass is 275 g/mol. The van der Waals surface area contributed by atoms with E-state index in [-0.39, 0.29) is 11.8 Å². The largest absolute Gasteiger partial charge is 0.351 e. The van der Waals surface area contributed by atoms with Crippen LogP contribution >= 0.6 is 0 Å². The van der Waals surface area contributed by atoms with E-state index in [0.717, 1.165) is 19.4 Å². The van der Waals surface area contributed by atoms with Gasteiger partial charge in [0.1, 0.15) is 0 Å². The molecule has 108 valence electrons. The van der Waals surface area contributed by atoms with E-state index < -0.39 is 0 Å². The Balaban J connectivity index is 1.93. The Labute approximate surface area is 119 Å². The lowest BCUT2D eigenvalue weighted by Crippen LogP contribution is -2.31. The van der Waals surface area contributed by atoms with Crippen molar-refractivity contribution < 1.29 is 9.59 Å². The molecule has 0 bridgehead atoms. The molecule has 0 unspecified atom stereocenters. The molecule has 2 amide bonds. The van der Waals surface area contributed by atoms with Gasteiger partial charge in [-0.25, -0.2) is 0 Å². The molecular formula is C15H21N3O2. The van der Waals surface area contributed by atoms with Crippen LogP contribution in [0.3, 0.4) is 0 Å². The molecule has 1 aromatic rings. The number of rotatable bonds is 6. The molecular weight excluding hydrogens is 254 g/mol. The standard InChI is InChI=1S/C15H21N3O2/c1-18(2)9-8-16-14(19)11-4-3-5-12(10-11)15(20)17-13-6-7-13/h3-5,10,13H,6-9H2,1-2H3,(H,16,19)(H,17,20). The summed E-state index contributed by atoms with van der Waals surface area (Å²) in [6, 6.07) is 7.15. The average Bonchev–Trinajstić information content (AvgIpc) is 3.22. The summed E-state index contributed by atoms with van der Waals surface area (Å²) < 4.78 is 0. The highest BCUT2D eigenvalue weighted by Gasteiger charge is 2.23. The van der Waals surface area contributed by atoms with Gasteiger partial charge >= 0.3 is 0 Å². The first kappa shape index (κ1) is 14.5. The molecule has 0 saturated heterocycles. The minimum absolute atomic E-state index is 0.101. The summed E-state index contributed by atoms with van der Waals surface area (Å²) in [5.74, 6) is -0.247. The van der Waals surface area contributed by atoms with Gasteiger partial charge in [0.15, 0.2) is 0 Å². The Morgan fingerprint density at radius 3 is 2.45 bits per heavy atom. The van der Waals surface area contributed by atoms with E-state index in [2.05, 4.69) is 10.6 Å². The quantitative estimate of drug-likeness (QED) is 0.810. The van der Waals surface area contributed by atoms with Gasteiger partial charge < -0.3 is 15.5 Å². The first-order chi connectivity index (χ1) is 9.56. The maximum atomic E-state index is 12.0. The van der Waals surface area contributed by atoms with Crippen LogP contribution in [0.1, 0.15) is 33.6 Å². The number of nitrogens with one attached hydrogen (secondary N) is 2.